The average Bonchev–Trinajstić information content (AvgIpc) is 3.22. The van der Waals surface area contributed by atoms with Gasteiger partial charge in [-0.25, -0.2) is 4.68 Å². The highest BCUT2D eigenvalue weighted by atomic mass is 16.6. The van der Waals surface area contributed by atoms with Crippen molar-refractivity contribution in [1.29, 1.82) is 0 Å². The second kappa shape index (κ2) is 11.1. The number of likely N-dealkylation sites (N-methyl/N-ethyl adjacent to an activating group) is 1. The molecule has 9 heteroatoms. The van der Waals surface area contributed by atoms with Gasteiger partial charge in [-0.3, -0.25) is 19.7 Å². The summed E-state index contributed by atoms with van der Waals surface area (Å²) in [5.41, 5.74) is 4.70. The van der Waals surface area contributed by atoms with Crippen LogP contribution in [0.1, 0.15) is 34.1 Å². The van der Waals surface area contributed by atoms with Crippen LogP contribution in [0.25, 0.3) is 16.8 Å². The molecule has 0 saturated carbocycles. The van der Waals surface area contributed by atoms with Crippen LogP contribution in [0.15, 0.2) is 72.8 Å². The number of benzene rings is 3. The molecule has 9 nitrogen and oxygen atoms in total. The van der Waals surface area contributed by atoms with Crippen molar-refractivity contribution in [3.63, 3.8) is 0 Å². The number of hydrogen-bond donors (Lipinski definition) is 1. The molecule has 1 heterocycles. The molecular formula is C29H29N5O4. The third-order valence-electron chi connectivity index (χ3n) is 6.38. The number of nitrogens with one attached hydrogen (secondary N) is 1. The summed E-state index contributed by atoms with van der Waals surface area (Å²) in [6, 6.07) is 21.7. The van der Waals surface area contributed by atoms with Crippen LogP contribution in [0.2, 0.25) is 0 Å². The number of nitrogens with zero attached hydrogens (tertiary/aromatic N) is 4. The molecule has 0 aliphatic carbocycles. The van der Waals surface area contributed by atoms with E-state index in [4.69, 9.17) is 5.10 Å². The fourth-order valence-electron chi connectivity index (χ4n) is 4.36. The van der Waals surface area contributed by atoms with Gasteiger partial charge in [-0.05, 0) is 51.0 Å². The number of aryl methyl sites for hydroxylation is 3. The summed E-state index contributed by atoms with van der Waals surface area (Å²) in [5, 5.41) is 19.1. The maximum Gasteiger partial charge on any atom is 0.273 e. The summed E-state index contributed by atoms with van der Waals surface area (Å²) in [7, 11) is 0. The van der Waals surface area contributed by atoms with E-state index in [1.54, 1.807) is 18.5 Å². The quantitative estimate of drug-likeness (QED) is 0.249. The highest BCUT2D eigenvalue weighted by molar-refractivity contribution is 6.01. The normalized spacial score (nSPS) is 10.7. The number of anilines is 1. The van der Waals surface area contributed by atoms with E-state index in [0.29, 0.717) is 11.4 Å². The molecule has 0 unspecified atom stereocenters. The van der Waals surface area contributed by atoms with Gasteiger partial charge in [0.25, 0.3) is 11.6 Å². The second-order valence-corrected chi connectivity index (χ2v) is 9.00. The van der Waals surface area contributed by atoms with Crippen LogP contribution in [-0.2, 0) is 4.79 Å². The van der Waals surface area contributed by atoms with E-state index in [1.807, 2.05) is 68.4 Å². The molecule has 0 radical (unpaired) electrons. The van der Waals surface area contributed by atoms with Gasteiger partial charge in [0.05, 0.1) is 16.3 Å². The third kappa shape index (κ3) is 5.31. The van der Waals surface area contributed by atoms with Crippen molar-refractivity contribution < 1.29 is 14.5 Å². The first-order valence-corrected chi connectivity index (χ1v) is 12.3. The third-order valence-corrected chi connectivity index (χ3v) is 6.38. The standard InChI is InChI=1S/C29H29N5O4/c1-5-32(29(36)23-16-15-20(3)25(17-23)34(37)38)18-26(35)30-28-27(22-12-7-6-8-13-22)21(4)31-33(28)24-14-10-9-11-19(24)2/h6-17H,5,18H2,1-4H3,(H,30,35). The van der Waals surface area contributed by atoms with E-state index in [2.05, 4.69) is 5.32 Å². The summed E-state index contributed by atoms with van der Waals surface area (Å²) in [4.78, 5) is 38.7. The first-order valence-electron chi connectivity index (χ1n) is 12.3. The predicted molar refractivity (Wildman–Crippen MR) is 147 cm³/mol. The Morgan fingerprint density at radius 2 is 1.66 bits per heavy atom. The molecule has 0 aliphatic rings. The van der Waals surface area contributed by atoms with Crippen molar-refractivity contribution in [2.45, 2.75) is 27.7 Å². The van der Waals surface area contributed by atoms with Crippen LogP contribution in [0.3, 0.4) is 0 Å². The number of nitro groups is 1. The van der Waals surface area contributed by atoms with Crippen LogP contribution in [0.5, 0.6) is 0 Å². The molecule has 2 amide bonds. The number of carbonyl (C=O) groups excluding carboxylic acids is 2. The largest absolute Gasteiger partial charge is 0.330 e. The van der Waals surface area contributed by atoms with Crippen LogP contribution in [0.4, 0.5) is 11.5 Å². The molecule has 0 atom stereocenters. The van der Waals surface area contributed by atoms with Crippen LogP contribution in [0, 0.1) is 30.9 Å². The molecule has 0 bridgehead atoms. The minimum Gasteiger partial charge on any atom is -0.330 e. The summed E-state index contributed by atoms with van der Waals surface area (Å²) >= 11 is 0. The van der Waals surface area contributed by atoms with E-state index < -0.39 is 16.7 Å². The fraction of sp³-hybridized carbons (Fsp3) is 0.207. The number of nitro benzene ring substituents is 1. The molecule has 4 aromatic rings. The summed E-state index contributed by atoms with van der Waals surface area (Å²) < 4.78 is 1.71. The SMILES string of the molecule is CCN(CC(=O)Nc1c(-c2ccccc2)c(C)nn1-c1ccccc1C)C(=O)c1ccc(C)c([N+](=O)[O-])c1. The molecule has 0 fully saturated rings. The maximum atomic E-state index is 13.4. The van der Waals surface area contributed by atoms with Crippen LogP contribution in [-0.4, -0.2) is 44.5 Å². The van der Waals surface area contributed by atoms with Gasteiger partial charge in [-0.1, -0.05) is 54.6 Å². The van der Waals surface area contributed by atoms with Gasteiger partial charge < -0.3 is 10.2 Å². The van der Waals surface area contributed by atoms with Gasteiger partial charge >= 0.3 is 0 Å². The van der Waals surface area contributed by atoms with E-state index in [1.165, 1.54) is 23.1 Å². The van der Waals surface area contributed by atoms with E-state index in [-0.39, 0.29) is 24.3 Å². The molecule has 0 aliphatic heterocycles. The monoisotopic (exact) mass is 511 g/mol. The number of carbonyl (C=O) groups is 2. The Hall–Kier alpha value is -4.79. The lowest BCUT2D eigenvalue weighted by atomic mass is 10.1. The number of para-hydroxylation sites is 1. The molecule has 38 heavy (non-hydrogen) atoms. The molecule has 1 N–H and O–H groups in total. The van der Waals surface area contributed by atoms with Crippen molar-refractivity contribution >= 4 is 23.3 Å². The predicted octanol–water partition coefficient (Wildman–Crippen LogP) is 5.47. The van der Waals surface area contributed by atoms with Crippen LogP contribution < -0.4 is 5.32 Å². The highest BCUT2D eigenvalue weighted by Crippen LogP contribution is 2.34. The summed E-state index contributed by atoms with van der Waals surface area (Å²) in [6.07, 6.45) is 0. The van der Waals surface area contributed by atoms with E-state index in [9.17, 15) is 19.7 Å². The first kappa shape index (κ1) is 26.3. The zero-order valence-electron chi connectivity index (χ0n) is 21.8. The number of hydrogen-bond acceptors (Lipinski definition) is 5. The Bertz CT molecular complexity index is 1510. The Kier molecular flexibility index (Phi) is 7.66. The second-order valence-electron chi connectivity index (χ2n) is 9.00. The maximum absolute atomic E-state index is 13.4. The van der Waals surface area contributed by atoms with Crippen molar-refractivity contribution in [1.82, 2.24) is 14.7 Å². The fourth-order valence-corrected chi connectivity index (χ4v) is 4.36. The molecule has 1 aromatic heterocycles. The molecule has 0 spiro atoms. The van der Waals surface area contributed by atoms with Gasteiger partial charge in [0, 0.05) is 29.3 Å². The van der Waals surface area contributed by atoms with Gasteiger partial charge in [-0.15, -0.1) is 0 Å². The van der Waals surface area contributed by atoms with Gasteiger partial charge in [-0.2, -0.15) is 5.10 Å². The Morgan fingerprint density at radius 1 is 0.974 bits per heavy atom. The van der Waals surface area contributed by atoms with Crippen molar-refractivity contribution in [3.05, 3.63) is 105 Å². The number of amides is 2. The summed E-state index contributed by atoms with van der Waals surface area (Å²) in [6.45, 7) is 7.24. The van der Waals surface area contributed by atoms with Gasteiger partial charge in [0.1, 0.15) is 12.4 Å². The van der Waals surface area contributed by atoms with Crippen LogP contribution >= 0.6 is 0 Å². The number of aromatic nitrogens is 2. The average molecular weight is 512 g/mol. The van der Waals surface area contributed by atoms with Crippen molar-refractivity contribution in [2.75, 3.05) is 18.4 Å². The minimum absolute atomic E-state index is 0.138. The van der Waals surface area contributed by atoms with Gasteiger partial charge in [0.15, 0.2) is 0 Å². The lowest BCUT2D eigenvalue weighted by Gasteiger charge is -2.21. The number of rotatable bonds is 8. The highest BCUT2D eigenvalue weighted by Gasteiger charge is 2.24. The van der Waals surface area contributed by atoms with E-state index >= 15 is 0 Å². The van der Waals surface area contributed by atoms with Gasteiger partial charge in [0.2, 0.25) is 5.91 Å². The lowest BCUT2D eigenvalue weighted by Crippen LogP contribution is -2.38. The topological polar surface area (TPSA) is 110 Å². The summed E-state index contributed by atoms with van der Waals surface area (Å²) in [5.74, 6) is -0.367. The molecule has 4 rings (SSSR count). The Morgan fingerprint density at radius 3 is 2.32 bits per heavy atom. The molecular weight excluding hydrogens is 482 g/mol. The Balaban J connectivity index is 1.67. The zero-order valence-corrected chi connectivity index (χ0v) is 21.8. The van der Waals surface area contributed by atoms with Crippen molar-refractivity contribution in [2.24, 2.45) is 0 Å². The molecule has 0 saturated heterocycles. The molecule has 3 aromatic carbocycles. The first-order chi connectivity index (χ1) is 18.2. The van der Waals surface area contributed by atoms with Crippen molar-refractivity contribution in [3.8, 4) is 16.8 Å². The zero-order chi connectivity index (χ0) is 27.4. The molecule has 194 valence electrons. The minimum atomic E-state index is -0.519. The Labute approximate surface area is 220 Å². The van der Waals surface area contributed by atoms with E-state index in [0.717, 1.165) is 28.1 Å². The smallest absolute Gasteiger partial charge is 0.273 e. The lowest BCUT2D eigenvalue weighted by molar-refractivity contribution is -0.385.